The zero-order valence-corrected chi connectivity index (χ0v) is 12.3. The normalized spacial score (nSPS) is 12.0. The second-order valence-electron chi connectivity index (χ2n) is 4.99. The molecule has 0 unspecified atom stereocenters. The van der Waals surface area contributed by atoms with Crippen LogP contribution < -0.4 is 26.4 Å². The highest BCUT2D eigenvalue weighted by atomic mass is 16.5. The lowest BCUT2D eigenvalue weighted by Crippen LogP contribution is -2.25. The van der Waals surface area contributed by atoms with Crippen LogP contribution in [0.1, 0.15) is 15.9 Å². The van der Waals surface area contributed by atoms with Crippen LogP contribution in [0.4, 0.5) is 11.4 Å². The molecule has 0 aromatic heterocycles. The summed E-state index contributed by atoms with van der Waals surface area (Å²) in [4.78, 5) is 12.1. The molecule has 22 heavy (non-hydrogen) atoms. The molecule has 6 nitrogen and oxygen atoms in total. The van der Waals surface area contributed by atoms with Crippen LogP contribution >= 0.6 is 0 Å². The summed E-state index contributed by atoms with van der Waals surface area (Å²) in [6, 6.07) is 13.3. The molecule has 6 heteroatoms. The summed E-state index contributed by atoms with van der Waals surface area (Å²) >= 11 is 0. The number of carbonyl (C=O) groups is 1. The second kappa shape index (κ2) is 6.36. The standard InChI is InChI=1S/C16H18N4O2/c1-22-13-5-2-11(3-6-13)8-9-17-16(21)12-4-7-14-15(10-12)19-20-18-14/h2-7,10,18-20H,8-9H2,1H3,(H,17,21). The molecule has 0 aliphatic carbocycles. The van der Waals surface area contributed by atoms with E-state index in [0.29, 0.717) is 12.1 Å². The highest BCUT2D eigenvalue weighted by molar-refractivity contribution is 5.96. The Hall–Kier alpha value is -2.73. The zero-order chi connectivity index (χ0) is 15.4. The quantitative estimate of drug-likeness (QED) is 0.679. The molecule has 0 atom stereocenters. The maximum atomic E-state index is 12.1. The van der Waals surface area contributed by atoms with E-state index in [1.165, 1.54) is 0 Å². The number of rotatable bonds is 5. The van der Waals surface area contributed by atoms with Gasteiger partial charge in [0, 0.05) is 12.1 Å². The second-order valence-corrected chi connectivity index (χ2v) is 4.99. The van der Waals surface area contributed by atoms with Crippen molar-refractivity contribution in [1.29, 1.82) is 0 Å². The molecule has 0 spiro atoms. The molecule has 0 saturated heterocycles. The highest BCUT2D eigenvalue weighted by Crippen LogP contribution is 2.24. The van der Waals surface area contributed by atoms with Gasteiger partial charge in [0.1, 0.15) is 5.75 Å². The number of ether oxygens (including phenoxy) is 1. The minimum atomic E-state index is -0.0787. The van der Waals surface area contributed by atoms with Crippen molar-refractivity contribution in [2.24, 2.45) is 0 Å². The van der Waals surface area contributed by atoms with Gasteiger partial charge in [-0.25, -0.2) is 0 Å². The summed E-state index contributed by atoms with van der Waals surface area (Å²) < 4.78 is 5.12. The predicted molar refractivity (Wildman–Crippen MR) is 85.9 cm³/mol. The molecule has 114 valence electrons. The number of nitrogens with one attached hydrogen (secondary N) is 4. The van der Waals surface area contributed by atoms with Gasteiger partial charge in [0.15, 0.2) is 0 Å². The topological polar surface area (TPSA) is 74.4 Å². The summed E-state index contributed by atoms with van der Waals surface area (Å²) in [5.74, 6) is 0.755. The Kier molecular flexibility index (Phi) is 4.11. The first kappa shape index (κ1) is 14.2. The molecule has 1 heterocycles. The number of fused-ring (bicyclic) bond motifs is 1. The molecule has 0 bridgehead atoms. The first-order chi connectivity index (χ1) is 10.8. The first-order valence-corrected chi connectivity index (χ1v) is 7.08. The third-order valence-electron chi connectivity index (χ3n) is 3.53. The molecular weight excluding hydrogens is 280 g/mol. The van der Waals surface area contributed by atoms with E-state index in [-0.39, 0.29) is 5.91 Å². The minimum absolute atomic E-state index is 0.0787. The summed E-state index contributed by atoms with van der Waals surface area (Å²) in [6.07, 6.45) is 0.780. The fraction of sp³-hybridized carbons (Fsp3) is 0.188. The van der Waals surface area contributed by atoms with Gasteiger partial charge in [0.05, 0.1) is 18.5 Å². The molecule has 1 aliphatic heterocycles. The van der Waals surface area contributed by atoms with E-state index in [1.807, 2.05) is 36.4 Å². The van der Waals surface area contributed by atoms with Crippen molar-refractivity contribution in [2.45, 2.75) is 6.42 Å². The summed E-state index contributed by atoms with van der Waals surface area (Å²) in [7, 11) is 1.64. The number of hydrazine groups is 2. The molecule has 0 fully saturated rings. The molecule has 3 rings (SSSR count). The number of anilines is 2. The van der Waals surface area contributed by atoms with E-state index in [1.54, 1.807) is 13.2 Å². The van der Waals surface area contributed by atoms with Crippen molar-refractivity contribution < 1.29 is 9.53 Å². The summed E-state index contributed by atoms with van der Waals surface area (Å²) in [5.41, 5.74) is 12.2. The Morgan fingerprint density at radius 3 is 2.64 bits per heavy atom. The number of hydrogen-bond acceptors (Lipinski definition) is 5. The van der Waals surface area contributed by atoms with E-state index < -0.39 is 0 Å². The third-order valence-corrected chi connectivity index (χ3v) is 3.53. The smallest absolute Gasteiger partial charge is 0.251 e. The van der Waals surface area contributed by atoms with Crippen LogP contribution in [0.3, 0.4) is 0 Å². The minimum Gasteiger partial charge on any atom is -0.497 e. The number of benzene rings is 2. The molecule has 0 radical (unpaired) electrons. The van der Waals surface area contributed by atoms with E-state index >= 15 is 0 Å². The Morgan fingerprint density at radius 1 is 1.09 bits per heavy atom. The first-order valence-electron chi connectivity index (χ1n) is 7.08. The summed E-state index contributed by atoms with van der Waals surface area (Å²) in [5, 5.41) is 2.93. The van der Waals surface area contributed by atoms with Gasteiger partial charge in [0.2, 0.25) is 0 Å². The van der Waals surface area contributed by atoms with Crippen LogP contribution in [0.2, 0.25) is 0 Å². The van der Waals surface area contributed by atoms with Gasteiger partial charge in [-0.2, -0.15) is 0 Å². The van der Waals surface area contributed by atoms with Crippen LogP contribution in [0, 0.1) is 0 Å². The Balaban J connectivity index is 1.53. The number of carbonyl (C=O) groups excluding carboxylic acids is 1. The van der Waals surface area contributed by atoms with E-state index in [2.05, 4.69) is 21.7 Å². The van der Waals surface area contributed by atoms with Gasteiger partial charge >= 0.3 is 0 Å². The Labute approximate surface area is 128 Å². The maximum Gasteiger partial charge on any atom is 0.251 e. The van der Waals surface area contributed by atoms with Crippen molar-refractivity contribution in [1.82, 2.24) is 10.9 Å². The monoisotopic (exact) mass is 298 g/mol. The Bertz CT molecular complexity index is 670. The lowest BCUT2D eigenvalue weighted by Gasteiger charge is -2.07. The lowest BCUT2D eigenvalue weighted by atomic mass is 10.1. The van der Waals surface area contributed by atoms with Crippen LogP contribution in [-0.4, -0.2) is 19.6 Å². The molecule has 4 N–H and O–H groups in total. The molecule has 2 aromatic rings. The zero-order valence-electron chi connectivity index (χ0n) is 12.3. The van der Waals surface area contributed by atoms with Crippen molar-refractivity contribution >= 4 is 17.3 Å². The number of methoxy groups -OCH3 is 1. The van der Waals surface area contributed by atoms with E-state index in [0.717, 1.165) is 29.1 Å². The molecule has 0 saturated carbocycles. The van der Waals surface area contributed by atoms with Crippen molar-refractivity contribution in [3.05, 3.63) is 53.6 Å². The van der Waals surface area contributed by atoms with Gasteiger partial charge in [-0.05, 0) is 42.3 Å². The fourth-order valence-corrected chi connectivity index (χ4v) is 2.28. The van der Waals surface area contributed by atoms with Crippen LogP contribution in [-0.2, 0) is 6.42 Å². The largest absolute Gasteiger partial charge is 0.497 e. The van der Waals surface area contributed by atoms with Crippen molar-refractivity contribution in [2.75, 3.05) is 24.5 Å². The maximum absolute atomic E-state index is 12.1. The van der Waals surface area contributed by atoms with Crippen molar-refractivity contribution in [3.63, 3.8) is 0 Å². The van der Waals surface area contributed by atoms with Gasteiger partial charge < -0.3 is 20.9 Å². The molecule has 1 aliphatic rings. The third kappa shape index (κ3) is 3.12. The highest BCUT2D eigenvalue weighted by Gasteiger charge is 2.12. The van der Waals surface area contributed by atoms with Crippen molar-refractivity contribution in [3.8, 4) is 5.75 Å². The average Bonchev–Trinajstić information content (AvgIpc) is 3.03. The Morgan fingerprint density at radius 2 is 1.86 bits per heavy atom. The SMILES string of the molecule is COc1ccc(CCNC(=O)c2ccc3c(c2)NNN3)cc1. The predicted octanol–water partition coefficient (Wildman–Crippen LogP) is 1.92. The van der Waals surface area contributed by atoms with Gasteiger partial charge in [-0.15, -0.1) is 5.53 Å². The van der Waals surface area contributed by atoms with E-state index in [4.69, 9.17) is 4.74 Å². The molecule has 2 aromatic carbocycles. The van der Waals surface area contributed by atoms with Gasteiger partial charge in [0.25, 0.3) is 5.91 Å². The van der Waals surface area contributed by atoms with Crippen LogP contribution in [0.5, 0.6) is 5.75 Å². The van der Waals surface area contributed by atoms with E-state index in [9.17, 15) is 4.79 Å². The average molecular weight is 298 g/mol. The molecule has 1 amide bonds. The molecular formula is C16H18N4O2. The number of amides is 1. The fourth-order valence-electron chi connectivity index (χ4n) is 2.28. The van der Waals surface area contributed by atoms with Gasteiger partial charge in [-0.1, -0.05) is 12.1 Å². The van der Waals surface area contributed by atoms with Gasteiger partial charge in [-0.3, -0.25) is 4.79 Å². The van der Waals surface area contributed by atoms with Crippen LogP contribution in [0.15, 0.2) is 42.5 Å². The number of hydrogen-bond donors (Lipinski definition) is 4. The lowest BCUT2D eigenvalue weighted by molar-refractivity contribution is 0.0954. The summed E-state index contributed by atoms with van der Waals surface area (Å²) in [6.45, 7) is 0.589. The van der Waals surface area contributed by atoms with Crippen LogP contribution in [0.25, 0.3) is 0 Å².